The van der Waals surface area contributed by atoms with E-state index in [-0.39, 0.29) is 30.3 Å². The van der Waals surface area contributed by atoms with Crippen LogP contribution in [0.25, 0.3) is 11.1 Å². The van der Waals surface area contributed by atoms with E-state index in [1.807, 2.05) is 0 Å². The smallest absolute Gasteiger partial charge is 0.342 e. The fourth-order valence-electron chi connectivity index (χ4n) is 11.6. The quantitative estimate of drug-likeness (QED) is 0.0667. The second-order valence-corrected chi connectivity index (χ2v) is 24.1. The standard InChI is InChI=1S/C68H50O44/c69-13-35-45(88)55(107-59(93)15-1-23(70)39(82)24(71)2-15)57-67(102-35)111-61(95)17-5-31(78)53(32(79)6-17)105-51-22(12-30(77)44(87)49(51)92)66(100)110-58-56(108-60(94)16-3-25(72)40(83)26(73)4-16)54-36(14-101-63(97)19-9-27(74)41(84)46(89)37(19)38-20(64(98)106-54)10-28(75)42(85)47(38)90)103-68(58)112-62(96)18-7-33(80)52(34(81)8-18)104-50-21(65(99)109-57)11-29(76)43(86)48(50)91/h1-12,35-36,45,54-58,67-92H,13-14H2/t35-,36-,45-,54-,55+,56+,57-,58-,67+,68+/m1/s1. The van der Waals surface area contributed by atoms with Crippen LogP contribution < -0.4 is 9.47 Å². The van der Waals surface area contributed by atoms with Gasteiger partial charge in [0.15, 0.2) is 122 Å². The number of aliphatic hydroxyl groups is 2. The summed E-state index contributed by atoms with van der Waals surface area (Å²) in [5.74, 6) is -53.5. The Morgan fingerprint density at radius 1 is 0.339 bits per heavy atom. The number of fused-ring (bicyclic) bond motifs is 4. The van der Waals surface area contributed by atoms with E-state index in [0.29, 0.717) is 42.5 Å². The maximum absolute atomic E-state index is 15.3. The van der Waals surface area contributed by atoms with Crippen LogP contribution in [0, 0.1) is 0 Å². The molecular weight excluding hydrogens is 1520 g/mol. The molecule has 24 N–H and O–H groups in total. The van der Waals surface area contributed by atoms with Gasteiger partial charge in [0.1, 0.15) is 36.0 Å². The molecule has 0 aromatic heterocycles. The van der Waals surface area contributed by atoms with Crippen LogP contribution in [0.2, 0.25) is 0 Å². The zero-order valence-corrected chi connectivity index (χ0v) is 55.0. The van der Waals surface area contributed by atoms with Crippen molar-refractivity contribution in [3.8, 4) is 161 Å². The molecule has 7 heterocycles. The third-order valence-corrected chi connectivity index (χ3v) is 17.1. The molecule has 586 valence electrons. The molecule has 4 bridgehead atoms. The number of aromatic hydroxyl groups is 22. The summed E-state index contributed by atoms with van der Waals surface area (Å²) in [5.41, 5.74) is -11.9. The molecule has 8 aromatic carbocycles. The number of carbonyl (C=O) groups is 8. The average molecular weight is 1570 g/mol. The molecular formula is C68H50O44. The first-order valence-corrected chi connectivity index (χ1v) is 31.1. The Kier molecular flexibility index (Phi) is 19.5. The van der Waals surface area contributed by atoms with E-state index >= 15 is 9.59 Å². The Labute approximate surface area is 616 Å². The van der Waals surface area contributed by atoms with Crippen molar-refractivity contribution in [2.75, 3.05) is 13.2 Å². The second-order valence-electron chi connectivity index (χ2n) is 24.1. The van der Waals surface area contributed by atoms with Gasteiger partial charge in [-0.2, -0.15) is 0 Å². The predicted molar refractivity (Wildman–Crippen MR) is 345 cm³/mol. The Balaban J connectivity index is 1.04. The van der Waals surface area contributed by atoms with E-state index in [2.05, 4.69) is 0 Å². The van der Waals surface area contributed by atoms with Gasteiger partial charge in [0.2, 0.25) is 70.8 Å². The number of cyclic esters (lactones) is 1. The van der Waals surface area contributed by atoms with Gasteiger partial charge < -0.3 is 179 Å². The summed E-state index contributed by atoms with van der Waals surface area (Å²) in [6.45, 7) is -2.86. The monoisotopic (exact) mass is 1570 g/mol. The summed E-state index contributed by atoms with van der Waals surface area (Å²) in [7, 11) is 0. The number of aliphatic hydroxyl groups excluding tert-OH is 2. The summed E-state index contributed by atoms with van der Waals surface area (Å²) >= 11 is 0. The van der Waals surface area contributed by atoms with Crippen molar-refractivity contribution in [1.82, 2.24) is 0 Å². The van der Waals surface area contributed by atoms with Crippen LogP contribution in [0.15, 0.2) is 72.8 Å². The van der Waals surface area contributed by atoms with Crippen LogP contribution in [-0.2, 0) is 47.4 Å². The molecule has 8 aromatic rings. The average Bonchev–Trinajstić information content (AvgIpc) is 1.23. The number of rotatable bonds is 5. The molecule has 15 rings (SSSR count). The van der Waals surface area contributed by atoms with Crippen molar-refractivity contribution in [1.29, 1.82) is 0 Å². The first-order chi connectivity index (χ1) is 52.8. The van der Waals surface area contributed by atoms with Crippen molar-refractivity contribution in [2.24, 2.45) is 0 Å². The highest BCUT2D eigenvalue weighted by atomic mass is 16.8. The molecule has 0 radical (unpaired) electrons. The highest BCUT2D eigenvalue weighted by molar-refractivity contribution is 6.09. The van der Waals surface area contributed by atoms with Crippen molar-refractivity contribution >= 4 is 47.8 Å². The SMILES string of the molecule is O=C1O[C@@H]2O[C@@H]3COC(=O)c4cc(O)c(O)c(O)c4-c4c(cc(O)c(O)c4O)C(=O)O[C@H]3[C@H](OC(=O)c3cc(O)c(O)c(O)c3)[C@H]2OC(=O)c2cc(O)c(O)c(O)c2Oc2c(O)cc(cc2O)C(=O)O[C@@H]2O[C@H](CO)[C@@H](O)[C@H](OC(=O)c3cc(O)c(O)c(O)c3)[C@H]2OC(=O)c2cc(O)c(O)c(O)c2Oc2c(O)cc1cc2O. The molecule has 10 atom stereocenters. The molecule has 7 aliphatic heterocycles. The lowest BCUT2D eigenvalue weighted by molar-refractivity contribution is -0.283. The fraction of sp³-hybridized carbons (Fsp3) is 0.176. The minimum Gasteiger partial charge on any atom is -0.504 e. The summed E-state index contributed by atoms with van der Waals surface area (Å²) in [6, 6.07) is 4.02. The van der Waals surface area contributed by atoms with Crippen LogP contribution in [0.4, 0.5) is 0 Å². The second kappa shape index (κ2) is 28.7. The molecule has 7 aliphatic rings. The lowest BCUT2D eigenvalue weighted by Crippen LogP contribution is -2.63. The fourth-order valence-corrected chi connectivity index (χ4v) is 11.6. The van der Waals surface area contributed by atoms with Gasteiger partial charge in [-0.1, -0.05) is 0 Å². The molecule has 0 aliphatic carbocycles. The number of benzene rings is 8. The van der Waals surface area contributed by atoms with Gasteiger partial charge in [0.25, 0.3) is 0 Å². The van der Waals surface area contributed by atoms with Gasteiger partial charge in [-0.25, -0.2) is 38.4 Å². The highest BCUT2D eigenvalue weighted by Gasteiger charge is 2.57. The number of carbonyl (C=O) groups excluding carboxylic acids is 8. The minimum atomic E-state index is -3.04. The molecule has 112 heavy (non-hydrogen) atoms. The summed E-state index contributed by atoms with van der Waals surface area (Å²) in [4.78, 5) is 117. The van der Waals surface area contributed by atoms with Gasteiger partial charge >= 0.3 is 47.8 Å². The van der Waals surface area contributed by atoms with Gasteiger partial charge in [-0.05, 0) is 60.7 Å². The maximum atomic E-state index is 15.3. The Morgan fingerprint density at radius 3 is 1.07 bits per heavy atom. The first-order valence-electron chi connectivity index (χ1n) is 31.1. The number of esters is 8. The Bertz CT molecular complexity index is 5260. The normalized spacial score (nSPS) is 21.2. The summed E-state index contributed by atoms with van der Waals surface area (Å²) in [6.07, 6.45) is -26.9. The molecule has 44 heteroatoms. The largest absolute Gasteiger partial charge is 0.504 e. The van der Waals surface area contributed by atoms with Crippen LogP contribution in [0.5, 0.6) is 149 Å². The van der Waals surface area contributed by atoms with Gasteiger partial charge in [0, 0.05) is 23.3 Å². The van der Waals surface area contributed by atoms with Crippen LogP contribution in [0.1, 0.15) is 82.9 Å². The maximum Gasteiger partial charge on any atom is 0.342 e. The third-order valence-electron chi connectivity index (χ3n) is 17.1. The molecule has 0 saturated carbocycles. The highest BCUT2D eigenvalue weighted by Crippen LogP contribution is 2.56. The van der Waals surface area contributed by atoms with Crippen LogP contribution in [-0.4, -0.2) is 245 Å². The molecule has 0 amide bonds. The van der Waals surface area contributed by atoms with Crippen molar-refractivity contribution in [3.63, 3.8) is 0 Å². The van der Waals surface area contributed by atoms with Crippen molar-refractivity contribution < 1.29 is 218 Å². The van der Waals surface area contributed by atoms with E-state index in [0.717, 1.165) is 0 Å². The van der Waals surface area contributed by atoms with E-state index in [9.17, 15) is 151 Å². The van der Waals surface area contributed by atoms with E-state index in [1.165, 1.54) is 0 Å². The zero-order chi connectivity index (χ0) is 81.6. The number of phenols is 22. The molecule has 0 unspecified atom stereocenters. The number of hydrogen-bond acceptors (Lipinski definition) is 44. The van der Waals surface area contributed by atoms with E-state index < -0.39 is 328 Å². The van der Waals surface area contributed by atoms with Crippen LogP contribution >= 0.6 is 0 Å². The van der Waals surface area contributed by atoms with Gasteiger partial charge in [0.05, 0.1) is 40.0 Å². The third kappa shape index (κ3) is 13.5. The lowest BCUT2D eigenvalue weighted by Gasteiger charge is -2.43. The summed E-state index contributed by atoms with van der Waals surface area (Å²) < 4.78 is 67.4. The van der Waals surface area contributed by atoms with Crippen molar-refractivity contribution in [2.45, 2.75) is 61.4 Å². The van der Waals surface area contributed by atoms with E-state index in [4.69, 9.17) is 56.8 Å². The Morgan fingerprint density at radius 2 is 0.670 bits per heavy atom. The number of phenolic OH excluding ortho intramolecular Hbond substituents is 22. The van der Waals surface area contributed by atoms with Gasteiger partial charge in [-0.3, -0.25) is 0 Å². The summed E-state index contributed by atoms with van der Waals surface area (Å²) in [5, 5.41) is 262. The molecule has 2 fully saturated rings. The molecule has 44 nitrogen and oxygen atoms in total. The molecule has 0 spiro atoms. The Hall–Kier alpha value is -15.4. The first kappa shape index (κ1) is 76.2. The number of hydrogen-bond donors (Lipinski definition) is 24. The topological polar surface area (TPSA) is 733 Å². The zero-order valence-electron chi connectivity index (χ0n) is 55.0. The van der Waals surface area contributed by atoms with Crippen molar-refractivity contribution in [3.05, 3.63) is 117 Å². The molecule has 2 saturated heterocycles. The van der Waals surface area contributed by atoms with Gasteiger partial charge in [-0.15, -0.1) is 0 Å². The number of ether oxygens (including phenoxy) is 12. The minimum absolute atomic E-state index is 0.169. The lowest BCUT2D eigenvalue weighted by atomic mass is 9.92. The van der Waals surface area contributed by atoms with Crippen LogP contribution in [0.3, 0.4) is 0 Å². The van der Waals surface area contributed by atoms with E-state index in [1.54, 1.807) is 0 Å². The predicted octanol–water partition coefficient (Wildman–Crippen LogP) is 2.19.